The zero-order valence-corrected chi connectivity index (χ0v) is 11.2. The van der Waals surface area contributed by atoms with E-state index < -0.39 is 11.8 Å². The summed E-state index contributed by atoms with van der Waals surface area (Å²) in [5.74, 6) is -0.419. The number of hydrogen-bond acceptors (Lipinski definition) is 5. The lowest BCUT2D eigenvalue weighted by Gasteiger charge is -2.21. The number of carbonyl (C=O) groups is 2. The molecular weight excluding hydrogens is 260 g/mol. The first-order chi connectivity index (χ1) is 9.20. The molecule has 19 heavy (non-hydrogen) atoms. The quantitative estimate of drug-likeness (QED) is 0.635. The van der Waals surface area contributed by atoms with E-state index in [0.29, 0.717) is 12.8 Å². The molecule has 3 rings (SSSR count). The number of carbonyl (C=O) groups excluding carboxylic acids is 2. The van der Waals surface area contributed by atoms with Gasteiger partial charge in [-0.05, 0) is 18.1 Å². The molecule has 0 amide bonds. The highest BCUT2D eigenvalue weighted by atomic mass is 32.1. The number of nitrogens with zero attached hydrogens (tertiary/aromatic N) is 2. The Bertz CT molecular complexity index is 650. The molecule has 1 unspecified atom stereocenters. The average molecular weight is 272 g/mol. The number of fused-ring (bicyclic) bond motifs is 1. The highest BCUT2D eigenvalue weighted by Crippen LogP contribution is 2.39. The van der Waals surface area contributed by atoms with Crippen LogP contribution in [0.4, 0.5) is 5.13 Å². The number of aldehydes is 1. The van der Waals surface area contributed by atoms with E-state index in [0.717, 1.165) is 21.1 Å². The van der Waals surface area contributed by atoms with E-state index in [1.54, 1.807) is 6.20 Å². The van der Waals surface area contributed by atoms with Crippen molar-refractivity contribution in [2.24, 2.45) is 0 Å². The summed E-state index contributed by atoms with van der Waals surface area (Å²) in [4.78, 5) is 30.1. The van der Waals surface area contributed by atoms with Crippen LogP contribution in [-0.4, -0.2) is 17.1 Å². The molecule has 1 aliphatic rings. The highest BCUT2D eigenvalue weighted by Gasteiger charge is 2.36. The van der Waals surface area contributed by atoms with Crippen molar-refractivity contribution in [3.8, 4) is 0 Å². The molecule has 96 valence electrons. The van der Waals surface area contributed by atoms with Gasteiger partial charge in [0.05, 0.1) is 0 Å². The fourth-order valence-corrected chi connectivity index (χ4v) is 3.20. The zero-order chi connectivity index (χ0) is 13.4. The maximum Gasteiger partial charge on any atom is 0.222 e. The summed E-state index contributed by atoms with van der Waals surface area (Å²) < 4.78 is 0. The van der Waals surface area contributed by atoms with Crippen LogP contribution in [0, 0.1) is 6.92 Å². The van der Waals surface area contributed by atoms with Gasteiger partial charge in [0, 0.05) is 17.6 Å². The summed E-state index contributed by atoms with van der Waals surface area (Å²) in [5.41, 5.74) is 1.99. The Morgan fingerprint density at radius 2 is 2.26 bits per heavy atom. The van der Waals surface area contributed by atoms with Gasteiger partial charge in [0.1, 0.15) is 6.04 Å². The van der Waals surface area contributed by atoms with E-state index in [1.165, 1.54) is 11.3 Å². The second kappa shape index (κ2) is 4.59. The second-order valence-electron chi connectivity index (χ2n) is 4.50. The summed E-state index contributed by atoms with van der Waals surface area (Å²) in [5, 5.41) is 0.786. The first kappa shape index (κ1) is 12.0. The third-order valence-electron chi connectivity index (χ3n) is 3.24. The van der Waals surface area contributed by atoms with Crippen LogP contribution in [0.2, 0.25) is 0 Å². The third kappa shape index (κ3) is 1.96. The number of aromatic nitrogens is 1. The minimum Gasteiger partial charge on any atom is -0.329 e. The minimum absolute atomic E-state index is 0.403. The number of rotatable bonds is 3. The van der Waals surface area contributed by atoms with Crippen LogP contribution in [0.15, 0.2) is 30.5 Å². The molecule has 0 fully saturated rings. The normalized spacial score (nSPS) is 17.3. The fraction of sp³-hybridized carbons (Fsp3) is 0.214. The number of aryl methyl sites for hydroxylation is 1. The summed E-state index contributed by atoms with van der Waals surface area (Å²) in [6.45, 7) is 2.59. The standard InChI is InChI=1S/C14H12N2O2S/c1-9-6-15-14(19-9)16-7-10-4-2-3-5-11(10)13(16)12(18)8-17/h2-6,8,13H,7H2,1H3. The lowest BCUT2D eigenvalue weighted by molar-refractivity contribution is -0.130. The van der Waals surface area contributed by atoms with Gasteiger partial charge in [-0.3, -0.25) is 9.59 Å². The molecule has 0 N–H and O–H groups in total. The van der Waals surface area contributed by atoms with Crippen molar-refractivity contribution in [2.45, 2.75) is 19.5 Å². The Morgan fingerprint density at radius 3 is 2.95 bits per heavy atom. The Hall–Kier alpha value is -2.01. The summed E-state index contributed by atoms with van der Waals surface area (Å²) in [6, 6.07) is 7.19. The van der Waals surface area contributed by atoms with Crippen molar-refractivity contribution in [2.75, 3.05) is 4.90 Å². The maximum absolute atomic E-state index is 11.9. The van der Waals surface area contributed by atoms with Gasteiger partial charge in [-0.2, -0.15) is 0 Å². The van der Waals surface area contributed by atoms with Crippen LogP contribution in [0.1, 0.15) is 22.0 Å². The Morgan fingerprint density at radius 1 is 1.47 bits per heavy atom. The van der Waals surface area contributed by atoms with Crippen LogP contribution in [0.3, 0.4) is 0 Å². The van der Waals surface area contributed by atoms with Crippen LogP contribution in [0.5, 0.6) is 0 Å². The zero-order valence-electron chi connectivity index (χ0n) is 10.4. The van der Waals surface area contributed by atoms with E-state index in [-0.39, 0.29) is 0 Å². The predicted octanol–water partition coefficient (Wildman–Crippen LogP) is 2.28. The minimum atomic E-state index is -0.528. The Balaban J connectivity index is 2.07. The predicted molar refractivity (Wildman–Crippen MR) is 73.3 cm³/mol. The first-order valence-corrected chi connectivity index (χ1v) is 6.78. The topological polar surface area (TPSA) is 50.3 Å². The van der Waals surface area contributed by atoms with Crippen molar-refractivity contribution in [1.82, 2.24) is 4.98 Å². The molecule has 0 aliphatic carbocycles. The van der Waals surface area contributed by atoms with Crippen molar-refractivity contribution >= 4 is 28.5 Å². The van der Waals surface area contributed by atoms with Gasteiger partial charge in [-0.25, -0.2) is 4.98 Å². The fourth-order valence-electron chi connectivity index (χ4n) is 2.41. The first-order valence-electron chi connectivity index (χ1n) is 5.96. The number of anilines is 1. The van der Waals surface area contributed by atoms with Gasteiger partial charge in [0.2, 0.25) is 5.78 Å². The van der Waals surface area contributed by atoms with E-state index >= 15 is 0 Å². The highest BCUT2D eigenvalue weighted by molar-refractivity contribution is 7.15. The number of hydrogen-bond donors (Lipinski definition) is 0. The van der Waals surface area contributed by atoms with E-state index in [2.05, 4.69) is 4.98 Å². The average Bonchev–Trinajstić information content (AvgIpc) is 3.01. The third-order valence-corrected chi connectivity index (χ3v) is 4.19. The van der Waals surface area contributed by atoms with Gasteiger partial charge in [-0.15, -0.1) is 11.3 Å². The molecule has 0 saturated carbocycles. The molecule has 1 atom stereocenters. The summed E-state index contributed by atoms with van der Waals surface area (Å²) >= 11 is 1.53. The number of benzene rings is 1. The van der Waals surface area contributed by atoms with E-state index in [9.17, 15) is 9.59 Å². The summed E-state index contributed by atoms with van der Waals surface area (Å²) in [7, 11) is 0. The SMILES string of the molecule is Cc1cnc(N2Cc3ccccc3C2C(=O)C=O)s1. The van der Waals surface area contributed by atoms with E-state index in [4.69, 9.17) is 0 Å². The number of ketones is 1. The Labute approximate surface area is 114 Å². The van der Waals surface area contributed by atoms with Crippen molar-refractivity contribution < 1.29 is 9.59 Å². The molecule has 5 heteroatoms. The van der Waals surface area contributed by atoms with Gasteiger partial charge in [0.25, 0.3) is 0 Å². The lowest BCUT2D eigenvalue weighted by atomic mass is 10.0. The molecule has 2 aromatic rings. The molecule has 0 spiro atoms. The molecule has 1 aliphatic heterocycles. The molecule has 0 radical (unpaired) electrons. The van der Waals surface area contributed by atoms with Gasteiger partial charge in [0.15, 0.2) is 11.4 Å². The van der Waals surface area contributed by atoms with Crippen LogP contribution < -0.4 is 4.90 Å². The molecular formula is C14H12N2O2S. The maximum atomic E-state index is 11.9. The van der Waals surface area contributed by atoms with Crippen molar-refractivity contribution in [3.63, 3.8) is 0 Å². The van der Waals surface area contributed by atoms with E-state index in [1.807, 2.05) is 36.1 Å². The molecule has 2 heterocycles. The van der Waals surface area contributed by atoms with Gasteiger partial charge in [-0.1, -0.05) is 24.3 Å². The van der Waals surface area contributed by atoms with Crippen LogP contribution >= 0.6 is 11.3 Å². The summed E-state index contributed by atoms with van der Waals surface area (Å²) in [6.07, 6.45) is 2.19. The lowest BCUT2D eigenvalue weighted by Crippen LogP contribution is -2.28. The Kier molecular flexibility index (Phi) is 2.91. The van der Waals surface area contributed by atoms with Gasteiger partial charge >= 0.3 is 0 Å². The monoisotopic (exact) mass is 272 g/mol. The van der Waals surface area contributed by atoms with Crippen molar-refractivity contribution in [3.05, 3.63) is 46.5 Å². The number of thiazole rings is 1. The van der Waals surface area contributed by atoms with Crippen LogP contribution in [0.25, 0.3) is 0 Å². The largest absolute Gasteiger partial charge is 0.329 e. The molecule has 4 nitrogen and oxygen atoms in total. The molecule has 1 aromatic carbocycles. The molecule has 0 saturated heterocycles. The number of Topliss-reactive ketones (excluding diaryl/α,β-unsaturated/α-hetero) is 1. The van der Waals surface area contributed by atoms with Crippen LogP contribution in [-0.2, 0) is 16.1 Å². The van der Waals surface area contributed by atoms with Crippen molar-refractivity contribution in [1.29, 1.82) is 0 Å². The second-order valence-corrected chi connectivity index (χ2v) is 5.72. The smallest absolute Gasteiger partial charge is 0.222 e. The molecule has 0 bridgehead atoms. The molecule has 1 aromatic heterocycles. The van der Waals surface area contributed by atoms with Gasteiger partial charge < -0.3 is 4.90 Å².